The smallest absolute Gasteiger partial charge is 0.324 e. The first-order chi connectivity index (χ1) is 13.5. The van der Waals surface area contributed by atoms with E-state index in [9.17, 15) is 9.90 Å². The topological polar surface area (TPSA) is 109 Å². The van der Waals surface area contributed by atoms with Gasteiger partial charge in [0.05, 0.1) is 11.7 Å². The minimum atomic E-state index is -0.324. The summed E-state index contributed by atoms with van der Waals surface area (Å²) in [6, 6.07) is 12.4. The maximum absolute atomic E-state index is 11.8. The zero-order valence-corrected chi connectivity index (χ0v) is 15.7. The van der Waals surface area contributed by atoms with Crippen molar-refractivity contribution in [3.05, 3.63) is 76.4 Å². The lowest BCUT2D eigenvalue weighted by atomic mass is 9.98. The molecule has 2 aromatic rings. The number of carbonyl (C=O) groups is 1. The van der Waals surface area contributed by atoms with Crippen molar-refractivity contribution in [3.8, 4) is 17.2 Å². The lowest BCUT2D eigenvalue weighted by Crippen LogP contribution is -2.43. The first kappa shape index (κ1) is 17.8. The van der Waals surface area contributed by atoms with Gasteiger partial charge in [-0.05, 0) is 42.7 Å². The number of rotatable bonds is 4. The van der Waals surface area contributed by atoms with Crippen LogP contribution >= 0.6 is 0 Å². The van der Waals surface area contributed by atoms with Gasteiger partial charge in [0.2, 0.25) is 0 Å². The highest BCUT2D eigenvalue weighted by Crippen LogP contribution is 2.38. The van der Waals surface area contributed by atoms with Crippen molar-refractivity contribution in [2.24, 2.45) is 5.73 Å². The number of aromatic hydroxyl groups is 1. The number of urea groups is 1. The Hall–Kier alpha value is -3.61. The fraction of sp³-hybridized carbons (Fsp3) is 0.190. The zero-order chi connectivity index (χ0) is 19.8. The maximum atomic E-state index is 11.8. The number of phenols is 1. The first-order valence-electron chi connectivity index (χ1n) is 9.11. The molecule has 0 aliphatic carbocycles. The van der Waals surface area contributed by atoms with E-state index in [0.29, 0.717) is 17.3 Å². The Labute approximate surface area is 162 Å². The van der Waals surface area contributed by atoms with Gasteiger partial charge in [-0.25, -0.2) is 4.79 Å². The maximum Gasteiger partial charge on any atom is 0.324 e. The van der Waals surface area contributed by atoms with E-state index in [2.05, 4.69) is 16.0 Å². The molecule has 2 aliphatic rings. The van der Waals surface area contributed by atoms with Crippen LogP contribution in [0.3, 0.4) is 0 Å². The van der Waals surface area contributed by atoms with Gasteiger partial charge in [-0.2, -0.15) is 0 Å². The van der Waals surface area contributed by atoms with E-state index in [-0.39, 0.29) is 17.8 Å². The zero-order valence-electron chi connectivity index (χ0n) is 15.7. The predicted octanol–water partition coefficient (Wildman–Crippen LogP) is 3.24. The van der Waals surface area contributed by atoms with Gasteiger partial charge in [-0.1, -0.05) is 25.1 Å². The Morgan fingerprint density at radius 1 is 1.11 bits per heavy atom. The van der Waals surface area contributed by atoms with E-state index in [4.69, 9.17) is 10.5 Å². The number of allylic oxidation sites excluding steroid dienone is 1. The van der Waals surface area contributed by atoms with E-state index < -0.39 is 0 Å². The Morgan fingerprint density at radius 2 is 1.82 bits per heavy atom. The van der Waals surface area contributed by atoms with Gasteiger partial charge >= 0.3 is 6.03 Å². The molecule has 1 atom stereocenters. The van der Waals surface area contributed by atoms with Gasteiger partial charge in [0.15, 0.2) is 0 Å². The Morgan fingerprint density at radius 3 is 2.50 bits per heavy atom. The molecule has 0 radical (unpaired) electrons. The van der Waals surface area contributed by atoms with Crippen LogP contribution < -0.4 is 26.4 Å². The molecule has 0 saturated heterocycles. The van der Waals surface area contributed by atoms with E-state index in [1.807, 2.05) is 44.2 Å². The summed E-state index contributed by atoms with van der Waals surface area (Å²) in [5, 5.41) is 18.7. The van der Waals surface area contributed by atoms with Gasteiger partial charge < -0.3 is 26.2 Å². The fourth-order valence-corrected chi connectivity index (χ4v) is 3.44. The third-order valence-corrected chi connectivity index (χ3v) is 4.94. The molecule has 2 amide bonds. The molecule has 28 heavy (non-hydrogen) atoms. The third kappa shape index (κ3) is 3.11. The summed E-state index contributed by atoms with van der Waals surface area (Å²) in [5.74, 6) is 1.78. The van der Waals surface area contributed by atoms with Gasteiger partial charge in [0.1, 0.15) is 23.1 Å². The number of nitrogens with one attached hydrogen (secondary N) is 3. The number of nitrogens with two attached hydrogens (primary N) is 1. The molecule has 0 spiro atoms. The summed E-state index contributed by atoms with van der Waals surface area (Å²) in [6.45, 7) is 3.85. The molecule has 144 valence electrons. The van der Waals surface area contributed by atoms with Crippen LogP contribution in [-0.2, 0) is 0 Å². The van der Waals surface area contributed by atoms with Gasteiger partial charge in [-0.15, -0.1) is 0 Å². The molecular weight excluding hydrogens is 356 g/mol. The van der Waals surface area contributed by atoms with Crippen LogP contribution in [0, 0.1) is 6.92 Å². The monoisotopic (exact) mass is 378 g/mol. The molecule has 7 heteroatoms. The standard InChI is InChI=1S/C21H22N4O3/c1-3-15-19-17(20(22)25-21(27)24-19)18(23-15)12-5-8-13(9-6-12)28-14-7-4-11(2)16(26)10-14/h4-10,18,23,26H,3,22H2,1-2H3,(H2,24,25,27). The molecule has 0 fully saturated rings. The largest absolute Gasteiger partial charge is 0.508 e. The van der Waals surface area contributed by atoms with Gasteiger partial charge in [0.25, 0.3) is 0 Å². The Bertz CT molecular complexity index is 1010. The van der Waals surface area contributed by atoms with Crippen molar-refractivity contribution in [2.45, 2.75) is 26.3 Å². The molecule has 0 saturated carbocycles. The highest BCUT2D eigenvalue weighted by atomic mass is 16.5. The highest BCUT2D eigenvalue weighted by molar-refractivity contribution is 5.82. The summed E-state index contributed by atoms with van der Waals surface area (Å²) in [6.07, 6.45) is 0.751. The van der Waals surface area contributed by atoms with Crippen molar-refractivity contribution >= 4 is 6.03 Å². The third-order valence-electron chi connectivity index (χ3n) is 4.94. The van der Waals surface area contributed by atoms with Crippen LogP contribution in [0.25, 0.3) is 0 Å². The lowest BCUT2D eigenvalue weighted by molar-refractivity contribution is 0.244. The number of hydrogen-bond donors (Lipinski definition) is 5. The number of phenolic OH excluding ortho intramolecular Hbond substituents is 1. The van der Waals surface area contributed by atoms with Crippen LogP contribution in [0.1, 0.15) is 30.5 Å². The number of benzene rings is 2. The first-order valence-corrected chi connectivity index (χ1v) is 9.11. The van der Waals surface area contributed by atoms with E-state index in [1.165, 1.54) is 0 Å². The number of amides is 2. The summed E-state index contributed by atoms with van der Waals surface area (Å²) >= 11 is 0. The lowest BCUT2D eigenvalue weighted by Gasteiger charge is -2.23. The number of fused-ring (bicyclic) bond motifs is 1. The van der Waals surface area contributed by atoms with Crippen LogP contribution in [0.5, 0.6) is 17.2 Å². The molecule has 2 heterocycles. The molecule has 2 aliphatic heterocycles. The molecule has 0 bridgehead atoms. The van der Waals surface area contributed by atoms with Crippen LogP contribution in [0.2, 0.25) is 0 Å². The van der Waals surface area contributed by atoms with Gasteiger partial charge in [-0.3, -0.25) is 5.32 Å². The summed E-state index contributed by atoms with van der Waals surface area (Å²) in [4.78, 5) is 11.8. The Balaban J connectivity index is 1.58. The van der Waals surface area contributed by atoms with Gasteiger partial charge in [0, 0.05) is 17.3 Å². The van der Waals surface area contributed by atoms with E-state index in [1.54, 1.807) is 12.1 Å². The molecule has 0 aromatic heterocycles. The SMILES string of the molecule is CCC1=C2NC(=O)NC(N)=C2C(c2ccc(Oc3ccc(C)c(O)c3)cc2)N1. The molecule has 6 N–H and O–H groups in total. The number of aryl methyl sites for hydroxylation is 1. The van der Waals surface area contributed by atoms with E-state index >= 15 is 0 Å². The summed E-state index contributed by atoms with van der Waals surface area (Å²) < 4.78 is 5.82. The van der Waals surface area contributed by atoms with Crippen LogP contribution in [0.4, 0.5) is 4.79 Å². The average Bonchev–Trinajstić information content (AvgIpc) is 3.04. The molecule has 1 unspecified atom stereocenters. The molecule has 7 nitrogen and oxygen atoms in total. The molecule has 4 rings (SSSR count). The van der Waals surface area contributed by atoms with Crippen molar-refractivity contribution < 1.29 is 14.6 Å². The van der Waals surface area contributed by atoms with Crippen molar-refractivity contribution in [3.63, 3.8) is 0 Å². The number of ether oxygens (including phenoxy) is 1. The normalized spacial score (nSPS) is 18.4. The average molecular weight is 378 g/mol. The fourth-order valence-electron chi connectivity index (χ4n) is 3.44. The quantitative estimate of drug-likeness (QED) is 0.561. The van der Waals surface area contributed by atoms with Crippen molar-refractivity contribution in [1.29, 1.82) is 0 Å². The van der Waals surface area contributed by atoms with Crippen LogP contribution in [0.15, 0.2) is 65.3 Å². The number of carbonyl (C=O) groups excluding carboxylic acids is 1. The van der Waals surface area contributed by atoms with Crippen LogP contribution in [-0.4, -0.2) is 11.1 Å². The minimum absolute atomic E-state index is 0.157. The Kier molecular flexibility index (Phi) is 4.35. The highest BCUT2D eigenvalue weighted by Gasteiger charge is 2.35. The second-order valence-corrected chi connectivity index (χ2v) is 6.81. The second kappa shape index (κ2) is 6.84. The minimum Gasteiger partial charge on any atom is -0.508 e. The second-order valence-electron chi connectivity index (χ2n) is 6.81. The molecular formula is C21H22N4O3. The summed E-state index contributed by atoms with van der Waals surface area (Å²) in [7, 11) is 0. The molecule has 2 aromatic carbocycles. The van der Waals surface area contributed by atoms with Crippen molar-refractivity contribution in [2.75, 3.05) is 0 Å². The van der Waals surface area contributed by atoms with E-state index in [0.717, 1.165) is 34.5 Å². The van der Waals surface area contributed by atoms with Crippen molar-refractivity contribution in [1.82, 2.24) is 16.0 Å². The predicted molar refractivity (Wildman–Crippen MR) is 105 cm³/mol. The number of hydrogen-bond acceptors (Lipinski definition) is 5. The summed E-state index contributed by atoms with van der Waals surface area (Å²) in [5.41, 5.74) is 10.4.